The topological polar surface area (TPSA) is 97.2 Å². The van der Waals surface area contributed by atoms with Crippen molar-refractivity contribution in [1.29, 1.82) is 0 Å². The van der Waals surface area contributed by atoms with Crippen LogP contribution in [0.2, 0.25) is 0 Å². The monoisotopic (exact) mass is 471 g/mol. The summed E-state index contributed by atoms with van der Waals surface area (Å²) in [4.78, 5) is 17.4. The molecule has 168 valence electrons. The van der Waals surface area contributed by atoms with Gasteiger partial charge in [0.1, 0.15) is 5.82 Å². The number of para-hydroxylation sites is 1. The lowest BCUT2D eigenvalue weighted by Gasteiger charge is -2.14. The number of rotatable bonds is 8. The molecule has 1 aromatic heterocycles. The van der Waals surface area contributed by atoms with Crippen LogP contribution in [-0.4, -0.2) is 53.2 Å². The predicted molar refractivity (Wildman–Crippen MR) is 125 cm³/mol. The first-order valence-electron chi connectivity index (χ1n) is 10.2. The van der Waals surface area contributed by atoms with Crippen molar-refractivity contribution in [3.05, 3.63) is 59.9 Å². The molecule has 0 aliphatic heterocycles. The summed E-state index contributed by atoms with van der Waals surface area (Å²) in [6.07, 6.45) is 2.20. The van der Waals surface area contributed by atoms with Gasteiger partial charge in [-0.15, -0.1) is 5.10 Å². The zero-order valence-corrected chi connectivity index (χ0v) is 19.8. The smallest absolute Gasteiger partial charge is 0.242 e. The Balaban J connectivity index is 1.46. The van der Waals surface area contributed by atoms with Gasteiger partial charge in [-0.3, -0.25) is 4.79 Å². The number of nitrogens with one attached hydrogen (secondary N) is 1. The van der Waals surface area contributed by atoms with Gasteiger partial charge in [-0.05, 0) is 49.6 Å². The van der Waals surface area contributed by atoms with Gasteiger partial charge in [-0.2, -0.15) is 0 Å². The number of carbonyl (C=O) groups is 1. The Kier molecular flexibility index (Phi) is 6.36. The molecule has 2 aromatic carbocycles. The van der Waals surface area contributed by atoms with E-state index >= 15 is 0 Å². The highest BCUT2D eigenvalue weighted by Crippen LogP contribution is 2.40. The molecule has 1 saturated carbocycles. The summed E-state index contributed by atoms with van der Waals surface area (Å²) in [6, 6.07) is 14.6. The minimum absolute atomic E-state index is 0.118. The highest BCUT2D eigenvalue weighted by Gasteiger charge is 2.30. The van der Waals surface area contributed by atoms with Crippen molar-refractivity contribution >= 4 is 33.4 Å². The lowest BCUT2D eigenvalue weighted by atomic mass is 10.2. The van der Waals surface area contributed by atoms with Gasteiger partial charge in [0, 0.05) is 25.7 Å². The third kappa shape index (κ3) is 4.87. The average Bonchev–Trinajstić information content (AvgIpc) is 3.53. The van der Waals surface area contributed by atoms with Gasteiger partial charge in [-0.25, -0.2) is 22.4 Å². The van der Waals surface area contributed by atoms with Gasteiger partial charge >= 0.3 is 0 Å². The van der Waals surface area contributed by atoms with Crippen LogP contribution in [0, 0.1) is 6.92 Å². The highest BCUT2D eigenvalue weighted by molar-refractivity contribution is 7.99. The molecule has 1 aliphatic carbocycles. The number of thioether (sulfide) groups is 1. The van der Waals surface area contributed by atoms with Crippen LogP contribution < -0.4 is 5.32 Å². The second-order valence-electron chi connectivity index (χ2n) is 7.88. The number of sulfonamides is 1. The number of amides is 1. The fourth-order valence-electron chi connectivity index (χ4n) is 3.15. The maximum absolute atomic E-state index is 12.6. The molecule has 0 saturated heterocycles. The Morgan fingerprint density at radius 3 is 2.56 bits per heavy atom. The lowest BCUT2D eigenvalue weighted by Crippen LogP contribution is -2.22. The summed E-state index contributed by atoms with van der Waals surface area (Å²) in [5.74, 6) is 1.21. The predicted octanol–water partition coefficient (Wildman–Crippen LogP) is 3.43. The van der Waals surface area contributed by atoms with E-state index in [4.69, 9.17) is 0 Å². The normalized spacial score (nSPS) is 14.0. The number of aryl methyl sites for hydroxylation is 1. The molecular formula is C22H25N5O3S2. The van der Waals surface area contributed by atoms with E-state index in [0.29, 0.717) is 16.8 Å². The van der Waals surface area contributed by atoms with Gasteiger partial charge in [0.05, 0.1) is 16.3 Å². The molecule has 0 bridgehead atoms. The van der Waals surface area contributed by atoms with E-state index in [1.54, 1.807) is 6.07 Å². The Morgan fingerprint density at radius 2 is 1.91 bits per heavy atom. The van der Waals surface area contributed by atoms with Crippen LogP contribution in [0.25, 0.3) is 5.69 Å². The zero-order chi connectivity index (χ0) is 22.9. The standard InChI is InChI=1S/C22H25N5O3S2/c1-15-9-12-18(32(29,30)26(2)3)13-19(15)23-20(28)14-31-22-24-21(16-10-11-16)27(25-22)17-7-5-4-6-8-17/h4-9,12-13,16H,10-11,14H2,1-3H3,(H,23,28). The number of benzene rings is 2. The van der Waals surface area contributed by atoms with E-state index in [-0.39, 0.29) is 16.6 Å². The first kappa shape index (κ1) is 22.5. The van der Waals surface area contributed by atoms with Gasteiger partial charge in [0.15, 0.2) is 0 Å². The average molecular weight is 472 g/mol. The Labute approximate surface area is 192 Å². The molecule has 1 N–H and O–H groups in total. The SMILES string of the molecule is Cc1ccc(S(=O)(=O)N(C)C)cc1NC(=O)CSc1nc(C2CC2)n(-c2ccccc2)n1. The molecule has 4 rings (SSSR count). The van der Waals surface area contributed by atoms with Crippen LogP contribution in [0.15, 0.2) is 58.6 Å². The summed E-state index contributed by atoms with van der Waals surface area (Å²) in [5, 5.41) is 7.97. The summed E-state index contributed by atoms with van der Waals surface area (Å²) < 4.78 is 27.8. The zero-order valence-electron chi connectivity index (χ0n) is 18.1. The molecule has 8 nitrogen and oxygen atoms in total. The third-order valence-corrected chi connectivity index (χ3v) is 7.80. The minimum atomic E-state index is -3.58. The van der Waals surface area contributed by atoms with Gasteiger partial charge in [0.25, 0.3) is 0 Å². The van der Waals surface area contributed by atoms with Crippen LogP contribution in [0.4, 0.5) is 5.69 Å². The molecule has 1 aliphatic rings. The second-order valence-corrected chi connectivity index (χ2v) is 11.0. The van der Waals surface area contributed by atoms with E-state index < -0.39 is 10.0 Å². The van der Waals surface area contributed by atoms with Crippen LogP contribution in [-0.2, 0) is 14.8 Å². The molecule has 0 atom stereocenters. The van der Waals surface area contributed by atoms with Crippen molar-refractivity contribution in [3.8, 4) is 5.69 Å². The fourth-order valence-corrected chi connectivity index (χ4v) is 4.71. The fraction of sp³-hybridized carbons (Fsp3) is 0.318. The first-order valence-corrected chi connectivity index (χ1v) is 12.7. The second kappa shape index (κ2) is 9.05. The van der Waals surface area contributed by atoms with Crippen molar-refractivity contribution in [3.63, 3.8) is 0 Å². The Morgan fingerprint density at radius 1 is 1.19 bits per heavy atom. The van der Waals surface area contributed by atoms with Crippen molar-refractivity contribution in [1.82, 2.24) is 19.1 Å². The molecule has 0 radical (unpaired) electrons. The molecule has 1 heterocycles. The minimum Gasteiger partial charge on any atom is -0.325 e. The quantitative estimate of drug-likeness (QED) is 0.506. The largest absolute Gasteiger partial charge is 0.325 e. The molecule has 1 fully saturated rings. The molecule has 0 unspecified atom stereocenters. The van der Waals surface area contributed by atoms with Crippen molar-refractivity contribution < 1.29 is 13.2 Å². The Hall–Kier alpha value is -2.69. The van der Waals surface area contributed by atoms with E-state index in [2.05, 4.69) is 15.4 Å². The van der Waals surface area contributed by atoms with E-state index in [1.807, 2.05) is 41.9 Å². The molecule has 1 amide bonds. The number of hydrogen-bond acceptors (Lipinski definition) is 6. The summed E-state index contributed by atoms with van der Waals surface area (Å²) in [6.45, 7) is 1.82. The first-order chi connectivity index (χ1) is 15.3. The molecule has 0 spiro atoms. The number of nitrogens with zero attached hydrogens (tertiary/aromatic N) is 4. The molecular weight excluding hydrogens is 446 g/mol. The maximum atomic E-state index is 12.6. The van der Waals surface area contributed by atoms with Crippen molar-refractivity contribution in [2.45, 2.75) is 35.7 Å². The van der Waals surface area contributed by atoms with Crippen molar-refractivity contribution in [2.24, 2.45) is 0 Å². The van der Waals surface area contributed by atoms with E-state index in [1.165, 1.54) is 38.0 Å². The van der Waals surface area contributed by atoms with Gasteiger partial charge < -0.3 is 5.32 Å². The highest BCUT2D eigenvalue weighted by atomic mass is 32.2. The van der Waals surface area contributed by atoms with Crippen LogP contribution >= 0.6 is 11.8 Å². The number of carbonyl (C=O) groups excluding carboxylic acids is 1. The molecule has 32 heavy (non-hydrogen) atoms. The number of anilines is 1. The number of aromatic nitrogens is 3. The lowest BCUT2D eigenvalue weighted by molar-refractivity contribution is -0.113. The molecule has 10 heteroatoms. The van der Waals surface area contributed by atoms with Gasteiger partial charge in [-0.1, -0.05) is 36.0 Å². The summed E-state index contributed by atoms with van der Waals surface area (Å²) in [7, 11) is -0.636. The Bertz CT molecular complexity index is 1240. The van der Waals surface area contributed by atoms with Crippen LogP contribution in [0.3, 0.4) is 0 Å². The van der Waals surface area contributed by atoms with Crippen molar-refractivity contribution in [2.75, 3.05) is 25.2 Å². The van der Waals surface area contributed by atoms with E-state index in [9.17, 15) is 13.2 Å². The van der Waals surface area contributed by atoms with Gasteiger partial charge in [0.2, 0.25) is 21.1 Å². The van der Waals surface area contributed by atoms with Crippen LogP contribution in [0.1, 0.15) is 30.1 Å². The number of hydrogen-bond donors (Lipinski definition) is 1. The summed E-state index contributed by atoms with van der Waals surface area (Å²) >= 11 is 1.26. The molecule has 3 aromatic rings. The third-order valence-electron chi connectivity index (χ3n) is 5.15. The van der Waals surface area contributed by atoms with E-state index in [0.717, 1.165) is 34.2 Å². The van der Waals surface area contributed by atoms with Crippen LogP contribution in [0.5, 0.6) is 0 Å². The summed E-state index contributed by atoms with van der Waals surface area (Å²) in [5.41, 5.74) is 2.20. The maximum Gasteiger partial charge on any atom is 0.242 e.